The van der Waals surface area contributed by atoms with Crippen LogP contribution < -0.4 is 9.47 Å². The second-order valence-corrected chi connectivity index (χ2v) is 5.99. The molecular formula is C19H20N2O6. The first-order chi connectivity index (χ1) is 13.0. The Bertz CT molecular complexity index is 859. The lowest BCUT2D eigenvalue weighted by atomic mass is 10.00. The van der Waals surface area contributed by atoms with E-state index in [1.807, 2.05) is 6.07 Å². The second kappa shape index (κ2) is 7.94. The molecule has 2 heterocycles. The Morgan fingerprint density at radius 2 is 2.00 bits per heavy atom. The number of nitrogens with zero attached hydrogens (tertiary/aromatic N) is 2. The van der Waals surface area contributed by atoms with Crippen molar-refractivity contribution in [3.05, 3.63) is 47.9 Å². The lowest BCUT2D eigenvalue weighted by molar-refractivity contribution is -0.141. The fourth-order valence-corrected chi connectivity index (χ4v) is 2.98. The molecule has 1 N–H and O–H groups in total. The van der Waals surface area contributed by atoms with Gasteiger partial charge in [0.05, 0.1) is 32.9 Å². The van der Waals surface area contributed by atoms with Crippen LogP contribution in [0.4, 0.5) is 0 Å². The lowest BCUT2D eigenvalue weighted by Gasteiger charge is -2.22. The van der Waals surface area contributed by atoms with E-state index in [-0.39, 0.29) is 24.8 Å². The summed E-state index contributed by atoms with van der Waals surface area (Å²) in [4.78, 5) is 23.4. The zero-order chi connectivity index (χ0) is 19.4. The minimum absolute atomic E-state index is 0.131. The van der Waals surface area contributed by atoms with E-state index >= 15 is 0 Å². The molecule has 27 heavy (non-hydrogen) atoms. The van der Waals surface area contributed by atoms with Crippen LogP contribution in [0.15, 0.2) is 46.1 Å². The number of carboxylic acids is 1. The van der Waals surface area contributed by atoms with Crippen molar-refractivity contribution >= 4 is 17.6 Å². The monoisotopic (exact) mass is 372 g/mol. The van der Waals surface area contributed by atoms with Gasteiger partial charge in [0.25, 0.3) is 0 Å². The molecule has 3 rings (SSSR count). The Hall–Kier alpha value is -3.29. The third kappa shape index (κ3) is 3.94. The van der Waals surface area contributed by atoms with E-state index in [4.69, 9.17) is 19.0 Å². The molecule has 1 atom stereocenters. The van der Waals surface area contributed by atoms with Gasteiger partial charge in [-0.15, -0.1) is 0 Å². The number of hydrogen-bond donors (Lipinski definition) is 1. The molecule has 8 nitrogen and oxygen atoms in total. The second-order valence-electron chi connectivity index (χ2n) is 5.99. The van der Waals surface area contributed by atoms with Gasteiger partial charge in [-0.3, -0.25) is 9.59 Å². The topological polar surface area (TPSA) is 102 Å². The van der Waals surface area contributed by atoms with Gasteiger partial charge in [-0.05, 0) is 29.8 Å². The predicted molar refractivity (Wildman–Crippen MR) is 95.9 cm³/mol. The van der Waals surface area contributed by atoms with Gasteiger partial charge in [0.15, 0.2) is 11.5 Å². The van der Waals surface area contributed by atoms with Gasteiger partial charge in [-0.1, -0.05) is 6.07 Å². The SMILES string of the molecule is COc1ccc(C2CC(c3ccco3)=NN2C(=O)CCC(=O)O)cc1OC. The number of ether oxygens (including phenoxy) is 2. The first kappa shape index (κ1) is 18.5. The summed E-state index contributed by atoms with van der Waals surface area (Å²) in [7, 11) is 3.09. The van der Waals surface area contributed by atoms with E-state index in [1.54, 1.807) is 31.4 Å². The van der Waals surface area contributed by atoms with Crippen molar-refractivity contribution in [1.82, 2.24) is 5.01 Å². The predicted octanol–water partition coefficient (Wildman–Crippen LogP) is 2.84. The number of amides is 1. The molecular weight excluding hydrogens is 352 g/mol. The van der Waals surface area contributed by atoms with Crippen LogP contribution in [0.25, 0.3) is 0 Å². The highest BCUT2D eigenvalue weighted by atomic mass is 16.5. The first-order valence-corrected chi connectivity index (χ1v) is 8.40. The highest BCUT2D eigenvalue weighted by Crippen LogP contribution is 2.37. The number of carboxylic acid groups (broad SMARTS) is 1. The highest BCUT2D eigenvalue weighted by molar-refractivity contribution is 6.01. The summed E-state index contributed by atoms with van der Waals surface area (Å²) in [5.41, 5.74) is 1.44. The first-order valence-electron chi connectivity index (χ1n) is 8.40. The summed E-state index contributed by atoms with van der Waals surface area (Å²) in [6.07, 6.45) is 1.60. The number of carbonyl (C=O) groups excluding carboxylic acids is 1. The Balaban J connectivity index is 1.92. The van der Waals surface area contributed by atoms with Crippen molar-refractivity contribution in [3.8, 4) is 11.5 Å². The van der Waals surface area contributed by atoms with Crippen molar-refractivity contribution in [3.63, 3.8) is 0 Å². The van der Waals surface area contributed by atoms with Crippen LogP contribution in [0.5, 0.6) is 11.5 Å². The minimum atomic E-state index is -1.03. The van der Waals surface area contributed by atoms with Crippen LogP contribution in [0.3, 0.4) is 0 Å². The number of hydrazone groups is 1. The van der Waals surface area contributed by atoms with Crippen molar-refractivity contribution in [2.24, 2.45) is 5.10 Å². The molecule has 1 amide bonds. The zero-order valence-corrected chi connectivity index (χ0v) is 15.0. The number of carbonyl (C=O) groups is 2. The molecule has 1 aromatic carbocycles. The largest absolute Gasteiger partial charge is 0.493 e. The van der Waals surface area contributed by atoms with Gasteiger partial charge in [-0.25, -0.2) is 5.01 Å². The van der Waals surface area contributed by atoms with Gasteiger partial charge in [0.2, 0.25) is 5.91 Å². The Morgan fingerprint density at radius 3 is 2.63 bits per heavy atom. The average Bonchev–Trinajstić information content (AvgIpc) is 3.35. The summed E-state index contributed by atoms with van der Waals surface area (Å²) in [5, 5.41) is 14.6. The average molecular weight is 372 g/mol. The van der Waals surface area contributed by atoms with Crippen molar-refractivity contribution in [2.75, 3.05) is 14.2 Å². The molecule has 0 spiro atoms. The molecule has 1 aliphatic rings. The molecule has 142 valence electrons. The summed E-state index contributed by atoms with van der Waals surface area (Å²) >= 11 is 0. The smallest absolute Gasteiger partial charge is 0.303 e. The van der Waals surface area contributed by atoms with E-state index in [9.17, 15) is 9.59 Å². The van der Waals surface area contributed by atoms with Crippen LogP contribution in [0.1, 0.15) is 36.6 Å². The van der Waals surface area contributed by atoms with E-state index in [1.165, 1.54) is 18.4 Å². The van der Waals surface area contributed by atoms with E-state index in [0.29, 0.717) is 29.4 Å². The summed E-state index contributed by atoms with van der Waals surface area (Å²) in [6, 6.07) is 8.53. The molecule has 0 fully saturated rings. The van der Waals surface area contributed by atoms with Crippen molar-refractivity contribution in [1.29, 1.82) is 0 Å². The molecule has 0 bridgehead atoms. The molecule has 1 unspecified atom stereocenters. The molecule has 0 saturated carbocycles. The maximum Gasteiger partial charge on any atom is 0.303 e. The number of hydrogen-bond acceptors (Lipinski definition) is 6. The Kier molecular flexibility index (Phi) is 5.44. The Morgan fingerprint density at radius 1 is 1.22 bits per heavy atom. The number of aliphatic carboxylic acids is 1. The van der Waals surface area contributed by atoms with Gasteiger partial charge < -0.3 is 19.0 Å². The van der Waals surface area contributed by atoms with Gasteiger partial charge in [0.1, 0.15) is 11.5 Å². The fraction of sp³-hybridized carbons (Fsp3) is 0.316. The molecule has 0 saturated heterocycles. The number of rotatable bonds is 7. The molecule has 1 aromatic heterocycles. The van der Waals surface area contributed by atoms with Crippen LogP contribution in [0.2, 0.25) is 0 Å². The van der Waals surface area contributed by atoms with Gasteiger partial charge in [0, 0.05) is 12.8 Å². The molecule has 0 aliphatic carbocycles. The van der Waals surface area contributed by atoms with Gasteiger partial charge >= 0.3 is 5.97 Å². The molecule has 1 aliphatic heterocycles. The van der Waals surface area contributed by atoms with Crippen LogP contribution in [-0.4, -0.2) is 41.9 Å². The standard InChI is InChI=1S/C19H20N2O6/c1-25-16-6-5-12(10-17(16)26-2)14-11-13(15-4-3-9-27-15)20-21(14)18(22)7-8-19(23)24/h3-6,9-10,14H,7-8,11H2,1-2H3,(H,23,24). The van der Waals surface area contributed by atoms with Crippen molar-refractivity contribution in [2.45, 2.75) is 25.3 Å². The maximum absolute atomic E-state index is 12.6. The fourth-order valence-electron chi connectivity index (χ4n) is 2.98. The van der Waals surface area contributed by atoms with Crippen molar-refractivity contribution < 1.29 is 28.6 Å². The van der Waals surface area contributed by atoms with E-state index in [2.05, 4.69) is 5.10 Å². The summed E-state index contributed by atoms with van der Waals surface area (Å²) in [6.45, 7) is 0. The number of benzene rings is 1. The van der Waals surface area contributed by atoms with Crippen LogP contribution in [-0.2, 0) is 9.59 Å². The maximum atomic E-state index is 12.6. The van der Waals surface area contributed by atoms with E-state index < -0.39 is 5.97 Å². The van der Waals surface area contributed by atoms with Gasteiger partial charge in [-0.2, -0.15) is 5.10 Å². The highest BCUT2D eigenvalue weighted by Gasteiger charge is 2.34. The molecule has 2 aromatic rings. The molecule has 0 radical (unpaired) electrons. The normalized spacial score (nSPS) is 16.1. The summed E-state index contributed by atoms with van der Waals surface area (Å²) < 4.78 is 16.0. The van der Waals surface area contributed by atoms with Crippen LogP contribution in [0, 0.1) is 0 Å². The number of methoxy groups -OCH3 is 2. The third-order valence-corrected chi connectivity index (χ3v) is 4.32. The lowest BCUT2D eigenvalue weighted by Crippen LogP contribution is -2.27. The molecule has 8 heteroatoms. The summed E-state index contributed by atoms with van der Waals surface area (Å²) in [5.74, 6) is 0.308. The Labute approximate surface area is 156 Å². The third-order valence-electron chi connectivity index (χ3n) is 4.32. The number of furan rings is 1. The zero-order valence-electron chi connectivity index (χ0n) is 15.0. The van der Waals surface area contributed by atoms with E-state index in [0.717, 1.165) is 5.56 Å². The minimum Gasteiger partial charge on any atom is -0.493 e. The quantitative estimate of drug-likeness (QED) is 0.802. The van der Waals surface area contributed by atoms with Crippen LogP contribution >= 0.6 is 0 Å².